The summed E-state index contributed by atoms with van der Waals surface area (Å²) in [7, 11) is 2.16. The van der Waals surface area contributed by atoms with Crippen molar-refractivity contribution < 1.29 is 14.9 Å². The van der Waals surface area contributed by atoms with E-state index in [-0.39, 0.29) is 12.4 Å². The topological polar surface area (TPSA) is 52.9 Å². The number of allylic oxidation sites excluding steroid dienone is 1. The number of likely N-dealkylation sites (tertiary alicyclic amines) is 1. The predicted molar refractivity (Wildman–Crippen MR) is 134 cm³/mol. The lowest BCUT2D eigenvalue weighted by Crippen LogP contribution is -2.30. The van der Waals surface area contributed by atoms with Crippen LogP contribution in [0.3, 0.4) is 0 Å². The van der Waals surface area contributed by atoms with Crippen LogP contribution in [0.25, 0.3) is 11.1 Å². The van der Waals surface area contributed by atoms with Gasteiger partial charge >= 0.3 is 0 Å². The van der Waals surface area contributed by atoms with Crippen molar-refractivity contribution >= 4 is 11.1 Å². The quantitative estimate of drug-likeness (QED) is 0.423. The number of phenolic OH excluding ortho intramolecular Hbond substituents is 1. The second-order valence-corrected chi connectivity index (χ2v) is 8.71. The van der Waals surface area contributed by atoms with Crippen LogP contribution in [0.5, 0.6) is 11.5 Å². The van der Waals surface area contributed by atoms with Crippen LogP contribution in [0.2, 0.25) is 0 Å². The number of rotatable bonds is 9. The number of hydrogen-bond acceptors (Lipinski definition) is 4. The molecule has 0 radical (unpaired) electrons. The zero-order valence-corrected chi connectivity index (χ0v) is 19.3. The van der Waals surface area contributed by atoms with E-state index in [1.807, 2.05) is 42.5 Å². The molecule has 3 aromatic carbocycles. The number of hydrogen-bond donors (Lipinski definition) is 2. The van der Waals surface area contributed by atoms with Gasteiger partial charge in [0.1, 0.15) is 18.1 Å². The molecule has 0 spiro atoms. The molecule has 0 aliphatic carbocycles. The number of aromatic hydroxyl groups is 1. The standard InChI is InChI=1S/C29H33NO3/c1-30-19-5-9-25(30)21-33-27-17-13-24(14-18-27)29(23-11-15-26(32)16-12-23)28(10-6-20-31)22-7-3-2-4-8-22/h2-4,7-8,11-18,25,31-32H,5-6,9-10,19-21H2,1H3/t25-/m0/s1. The number of likely N-dealkylation sites (N-methyl/N-ethyl adjacent to an activating group) is 1. The van der Waals surface area contributed by atoms with Crippen LogP contribution < -0.4 is 4.74 Å². The predicted octanol–water partition coefficient (Wildman–Crippen LogP) is 5.60. The minimum Gasteiger partial charge on any atom is -0.508 e. The van der Waals surface area contributed by atoms with Gasteiger partial charge in [0, 0.05) is 12.6 Å². The molecule has 2 N–H and O–H groups in total. The Kier molecular flexibility index (Phi) is 7.82. The fourth-order valence-corrected chi connectivity index (χ4v) is 4.55. The molecule has 3 aromatic rings. The maximum absolute atomic E-state index is 9.84. The number of ether oxygens (including phenoxy) is 1. The Morgan fingerprint density at radius 2 is 1.58 bits per heavy atom. The van der Waals surface area contributed by atoms with E-state index in [1.54, 1.807) is 12.1 Å². The van der Waals surface area contributed by atoms with Gasteiger partial charge in [-0.3, -0.25) is 0 Å². The first-order chi connectivity index (χ1) is 16.2. The summed E-state index contributed by atoms with van der Waals surface area (Å²) < 4.78 is 6.10. The van der Waals surface area contributed by atoms with Gasteiger partial charge in [-0.15, -0.1) is 0 Å². The summed E-state index contributed by atoms with van der Waals surface area (Å²) in [5.41, 5.74) is 5.54. The van der Waals surface area contributed by atoms with Gasteiger partial charge in [-0.1, -0.05) is 54.6 Å². The molecule has 33 heavy (non-hydrogen) atoms. The third kappa shape index (κ3) is 5.84. The highest BCUT2D eigenvalue weighted by Crippen LogP contribution is 2.36. The van der Waals surface area contributed by atoms with E-state index in [9.17, 15) is 10.2 Å². The van der Waals surface area contributed by atoms with Crippen LogP contribution in [0, 0.1) is 0 Å². The number of benzene rings is 3. The summed E-state index contributed by atoms with van der Waals surface area (Å²) in [6.07, 6.45) is 3.86. The molecule has 0 aromatic heterocycles. The number of aliphatic hydroxyl groups is 1. The highest BCUT2D eigenvalue weighted by molar-refractivity contribution is 5.98. The first-order valence-electron chi connectivity index (χ1n) is 11.8. The van der Waals surface area contributed by atoms with E-state index in [0.717, 1.165) is 41.0 Å². The normalized spacial score (nSPS) is 17.1. The summed E-state index contributed by atoms with van der Waals surface area (Å²) in [5, 5.41) is 19.4. The summed E-state index contributed by atoms with van der Waals surface area (Å²) >= 11 is 0. The van der Waals surface area contributed by atoms with Crippen molar-refractivity contribution in [2.45, 2.75) is 31.7 Å². The van der Waals surface area contributed by atoms with Crippen LogP contribution in [-0.4, -0.2) is 48.0 Å². The lowest BCUT2D eigenvalue weighted by atomic mass is 9.87. The number of aliphatic hydroxyl groups excluding tert-OH is 1. The minimum atomic E-state index is 0.140. The highest BCUT2D eigenvalue weighted by atomic mass is 16.5. The zero-order chi connectivity index (χ0) is 23.0. The van der Waals surface area contributed by atoms with E-state index in [4.69, 9.17) is 4.74 Å². The largest absolute Gasteiger partial charge is 0.508 e. The Hall–Kier alpha value is -3.08. The molecule has 1 saturated heterocycles. The Balaban J connectivity index is 1.69. The van der Waals surface area contributed by atoms with Crippen LogP contribution >= 0.6 is 0 Å². The van der Waals surface area contributed by atoms with Gasteiger partial charge in [-0.05, 0) is 91.4 Å². The molecule has 1 aliphatic heterocycles. The molecule has 172 valence electrons. The SMILES string of the molecule is CN1CCC[C@H]1COc1ccc(C(=C(CCCO)c2ccccc2)c2ccc(O)cc2)cc1. The highest BCUT2D eigenvalue weighted by Gasteiger charge is 2.21. The molecule has 1 atom stereocenters. The second kappa shape index (κ2) is 11.2. The molecule has 0 unspecified atom stereocenters. The van der Waals surface area contributed by atoms with Gasteiger partial charge in [0.05, 0.1) is 0 Å². The van der Waals surface area contributed by atoms with Crippen molar-refractivity contribution in [3.05, 3.63) is 95.6 Å². The monoisotopic (exact) mass is 443 g/mol. The molecule has 1 aliphatic rings. The summed E-state index contributed by atoms with van der Waals surface area (Å²) in [6.45, 7) is 1.99. The lowest BCUT2D eigenvalue weighted by Gasteiger charge is -2.20. The Bertz CT molecular complexity index is 1040. The smallest absolute Gasteiger partial charge is 0.119 e. The Labute approximate surface area is 196 Å². The van der Waals surface area contributed by atoms with E-state index in [1.165, 1.54) is 18.4 Å². The fraction of sp³-hybridized carbons (Fsp3) is 0.310. The van der Waals surface area contributed by atoms with E-state index >= 15 is 0 Å². The molecule has 0 saturated carbocycles. The summed E-state index contributed by atoms with van der Waals surface area (Å²) in [5.74, 6) is 1.12. The van der Waals surface area contributed by atoms with Gasteiger partial charge in [0.15, 0.2) is 0 Å². The number of phenols is 1. The molecule has 1 heterocycles. The maximum atomic E-state index is 9.84. The Morgan fingerprint density at radius 3 is 2.18 bits per heavy atom. The molecule has 0 bridgehead atoms. The first kappa shape index (κ1) is 23.1. The van der Waals surface area contributed by atoms with E-state index in [2.05, 4.69) is 36.2 Å². The molecular weight excluding hydrogens is 410 g/mol. The molecular formula is C29H33NO3. The fourth-order valence-electron chi connectivity index (χ4n) is 4.55. The molecule has 0 amide bonds. The summed E-state index contributed by atoms with van der Waals surface area (Å²) in [6, 6.07) is 26.5. The molecule has 4 heteroatoms. The lowest BCUT2D eigenvalue weighted by molar-refractivity contribution is 0.198. The summed E-state index contributed by atoms with van der Waals surface area (Å²) in [4.78, 5) is 2.37. The van der Waals surface area contributed by atoms with Crippen LogP contribution in [0.1, 0.15) is 42.4 Å². The third-order valence-electron chi connectivity index (χ3n) is 6.42. The van der Waals surface area contributed by atoms with E-state index in [0.29, 0.717) is 19.1 Å². The van der Waals surface area contributed by atoms with Crippen molar-refractivity contribution in [2.75, 3.05) is 26.8 Å². The number of nitrogens with zero attached hydrogens (tertiary/aromatic N) is 1. The van der Waals surface area contributed by atoms with Gasteiger partial charge in [0.2, 0.25) is 0 Å². The van der Waals surface area contributed by atoms with Crippen molar-refractivity contribution in [1.29, 1.82) is 0 Å². The zero-order valence-electron chi connectivity index (χ0n) is 19.3. The molecule has 4 nitrogen and oxygen atoms in total. The van der Waals surface area contributed by atoms with Crippen molar-refractivity contribution in [3.8, 4) is 11.5 Å². The third-order valence-corrected chi connectivity index (χ3v) is 6.42. The minimum absolute atomic E-state index is 0.140. The van der Waals surface area contributed by atoms with Crippen molar-refractivity contribution in [2.24, 2.45) is 0 Å². The van der Waals surface area contributed by atoms with Crippen LogP contribution in [0.15, 0.2) is 78.9 Å². The van der Waals surface area contributed by atoms with Gasteiger partial charge in [-0.2, -0.15) is 0 Å². The van der Waals surface area contributed by atoms with Gasteiger partial charge in [0.25, 0.3) is 0 Å². The van der Waals surface area contributed by atoms with E-state index < -0.39 is 0 Å². The first-order valence-corrected chi connectivity index (χ1v) is 11.8. The van der Waals surface area contributed by atoms with Gasteiger partial charge < -0.3 is 19.8 Å². The Morgan fingerprint density at radius 1 is 0.909 bits per heavy atom. The van der Waals surface area contributed by atoms with Crippen LogP contribution in [-0.2, 0) is 0 Å². The van der Waals surface area contributed by atoms with Crippen LogP contribution in [0.4, 0.5) is 0 Å². The molecule has 1 fully saturated rings. The average Bonchev–Trinajstić information content (AvgIpc) is 3.27. The average molecular weight is 444 g/mol. The maximum Gasteiger partial charge on any atom is 0.119 e. The molecule has 4 rings (SSSR count). The second-order valence-electron chi connectivity index (χ2n) is 8.71. The van der Waals surface area contributed by atoms with Gasteiger partial charge in [-0.25, -0.2) is 0 Å². The van der Waals surface area contributed by atoms with Crippen molar-refractivity contribution in [3.63, 3.8) is 0 Å². The van der Waals surface area contributed by atoms with Crippen molar-refractivity contribution in [1.82, 2.24) is 4.90 Å².